The predicted octanol–water partition coefficient (Wildman–Crippen LogP) is 3.87. The molecular formula is C17H27NO. The van der Waals surface area contributed by atoms with Crippen LogP contribution in [0.5, 0.6) is 5.75 Å². The van der Waals surface area contributed by atoms with Gasteiger partial charge >= 0.3 is 0 Å². The van der Waals surface area contributed by atoms with Gasteiger partial charge in [0.1, 0.15) is 5.75 Å². The molecule has 0 spiro atoms. The normalized spacial score (nSPS) is 27.4. The Morgan fingerprint density at radius 1 is 1.21 bits per heavy atom. The van der Waals surface area contributed by atoms with E-state index in [1.54, 1.807) is 12.1 Å². The van der Waals surface area contributed by atoms with Crippen LogP contribution < -0.4 is 5.73 Å². The topological polar surface area (TPSA) is 46.2 Å². The molecule has 0 unspecified atom stereocenters. The van der Waals surface area contributed by atoms with Gasteiger partial charge in [0.25, 0.3) is 0 Å². The van der Waals surface area contributed by atoms with Crippen LogP contribution >= 0.6 is 0 Å². The Morgan fingerprint density at radius 3 is 2.37 bits per heavy atom. The fourth-order valence-corrected chi connectivity index (χ4v) is 3.49. The number of nitrogens with two attached hydrogens (primary N) is 1. The number of phenolic OH excluding ortho intramolecular Hbond substituents is 1. The smallest absolute Gasteiger partial charge is 0.115 e. The molecule has 2 rings (SSSR count). The monoisotopic (exact) mass is 261 g/mol. The molecular weight excluding hydrogens is 234 g/mol. The number of phenols is 1. The SMILES string of the molecule is CCCC1CCC(CN)(Cc2ccc(O)cc2)CC1. The molecule has 0 radical (unpaired) electrons. The predicted molar refractivity (Wildman–Crippen MR) is 80.2 cm³/mol. The maximum absolute atomic E-state index is 9.35. The summed E-state index contributed by atoms with van der Waals surface area (Å²) in [6, 6.07) is 7.63. The molecule has 2 heteroatoms. The lowest BCUT2D eigenvalue weighted by atomic mass is 9.67. The third kappa shape index (κ3) is 3.73. The molecule has 0 bridgehead atoms. The van der Waals surface area contributed by atoms with Crippen LogP contribution in [0.15, 0.2) is 24.3 Å². The zero-order chi connectivity index (χ0) is 13.7. The summed E-state index contributed by atoms with van der Waals surface area (Å²) in [5.74, 6) is 1.27. The highest BCUT2D eigenvalue weighted by Crippen LogP contribution is 2.42. The van der Waals surface area contributed by atoms with E-state index in [1.165, 1.54) is 44.1 Å². The first-order chi connectivity index (χ1) is 9.17. The van der Waals surface area contributed by atoms with E-state index in [4.69, 9.17) is 5.73 Å². The van der Waals surface area contributed by atoms with Crippen LogP contribution in [0.3, 0.4) is 0 Å². The van der Waals surface area contributed by atoms with E-state index in [1.807, 2.05) is 12.1 Å². The summed E-state index contributed by atoms with van der Waals surface area (Å²) in [7, 11) is 0. The summed E-state index contributed by atoms with van der Waals surface area (Å²) in [6.45, 7) is 3.06. The molecule has 0 aromatic heterocycles. The van der Waals surface area contributed by atoms with Gasteiger partial charge in [0.2, 0.25) is 0 Å². The summed E-state index contributed by atoms with van der Waals surface area (Å²) in [6.07, 6.45) is 8.93. The van der Waals surface area contributed by atoms with Crippen molar-refractivity contribution in [2.24, 2.45) is 17.1 Å². The van der Waals surface area contributed by atoms with Crippen molar-refractivity contribution in [3.8, 4) is 5.75 Å². The average molecular weight is 261 g/mol. The second-order valence-electron chi connectivity index (χ2n) is 6.28. The molecule has 19 heavy (non-hydrogen) atoms. The molecule has 0 heterocycles. The van der Waals surface area contributed by atoms with Gasteiger partial charge in [0, 0.05) is 0 Å². The van der Waals surface area contributed by atoms with E-state index < -0.39 is 0 Å². The molecule has 1 saturated carbocycles. The van der Waals surface area contributed by atoms with Crippen LogP contribution in [0.4, 0.5) is 0 Å². The van der Waals surface area contributed by atoms with Crippen LogP contribution in [0, 0.1) is 11.3 Å². The Labute approximate surface area is 117 Å². The van der Waals surface area contributed by atoms with E-state index in [0.29, 0.717) is 11.2 Å². The lowest BCUT2D eigenvalue weighted by Crippen LogP contribution is -2.36. The lowest BCUT2D eigenvalue weighted by molar-refractivity contribution is 0.151. The second-order valence-corrected chi connectivity index (χ2v) is 6.28. The van der Waals surface area contributed by atoms with Crippen LogP contribution in [0.2, 0.25) is 0 Å². The zero-order valence-corrected chi connectivity index (χ0v) is 12.1. The molecule has 106 valence electrons. The minimum Gasteiger partial charge on any atom is -0.508 e. The molecule has 2 nitrogen and oxygen atoms in total. The number of aromatic hydroxyl groups is 1. The molecule has 3 N–H and O–H groups in total. The minimum absolute atomic E-state index is 0.293. The van der Waals surface area contributed by atoms with Gasteiger partial charge in [-0.25, -0.2) is 0 Å². The third-order valence-electron chi connectivity index (χ3n) is 4.81. The van der Waals surface area contributed by atoms with E-state index in [0.717, 1.165) is 18.9 Å². The minimum atomic E-state index is 0.293. The maximum Gasteiger partial charge on any atom is 0.115 e. The number of hydrogen-bond acceptors (Lipinski definition) is 2. The summed E-state index contributed by atoms with van der Waals surface area (Å²) >= 11 is 0. The van der Waals surface area contributed by atoms with E-state index >= 15 is 0 Å². The van der Waals surface area contributed by atoms with Gasteiger partial charge in [-0.15, -0.1) is 0 Å². The summed E-state index contributed by atoms with van der Waals surface area (Å²) in [5, 5.41) is 9.35. The van der Waals surface area contributed by atoms with Gasteiger partial charge in [0.15, 0.2) is 0 Å². The molecule has 1 aliphatic rings. The van der Waals surface area contributed by atoms with Crippen molar-refractivity contribution in [3.05, 3.63) is 29.8 Å². The van der Waals surface area contributed by atoms with E-state index in [9.17, 15) is 5.11 Å². The summed E-state index contributed by atoms with van der Waals surface area (Å²) in [5.41, 5.74) is 7.68. The molecule has 0 amide bonds. The number of rotatable bonds is 5. The first-order valence-electron chi connectivity index (χ1n) is 7.65. The molecule has 0 aliphatic heterocycles. The van der Waals surface area contributed by atoms with Crippen LogP contribution in [0.1, 0.15) is 51.0 Å². The molecule has 0 saturated heterocycles. The Hall–Kier alpha value is -1.02. The summed E-state index contributed by atoms with van der Waals surface area (Å²) in [4.78, 5) is 0. The van der Waals surface area contributed by atoms with Gasteiger partial charge in [-0.3, -0.25) is 0 Å². The molecule has 1 aliphatic carbocycles. The van der Waals surface area contributed by atoms with Crippen molar-refractivity contribution < 1.29 is 5.11 Å². The van der Waals surface area contributed by atoms with E-state index in [2.05, 4.69) is 6.92 Å². The van der Waals surface area contributed by atoms with Crippen molar-refractivity contribution in [1.82, 2.24) is 0 Å². The van der Waals surface area contributed by atoms with Crippen molar-refractivity contribution in [1.29, 1.82) is 0 Å². The van der Waals surface area contributed by atoms with Crippen LogP contribution in [-0.2, 0) is 6.42 Å². The van der Waals surface area contributed by atoms with Crippen molar-refractivity contribution in [2.75, 3.05) is 6.54 Å². The Kier molecular flexibility index (Phi) is 4.87. The average Bonchev–Trinajstić information content (AvgIpc) is 2.44. The maximum atomic E-state index is 9.35. The molecule has 1 fully saturated rings. The largest absolute Gasteiger partial charge is 0.508 e. The summed E-state index contributed by atoms with van der Waals surface area (Å²) < 4.78 is 0. The first-order valence-corrected chi connectivity index (χ1v) is 7.65. The van der Waals surface area contributed by atoms with Crippen molar-refractivity contribution >= 4 is 0 Å². The van der Waals surface area contributed by atoms with Crippen molar-refractivity contribution in [3.63, 3.8) is 0 Å². The van der Waals surface area contributed by atoms with Gasteiger partial charge < -0.3 is 10.8 Å². The quantitative estimate of drug-likeness (QED) is 0.845. The highest BCUT2D eigenvalue weighted by Gasteiger charge is 2.33. The highest BCUT2D eigenvalue weighted by atomic mass is 16.3. The Morgan fingerprint density at radius 2 is 1.84 bits per heavy atom. The van der Waals surface area contributed by atoms with E-state index in [-0.39, 0.29) is 0 Å². The van der Waals surface area contributed by atoms with Gasteiger partial charge in [0.05, 0.1) is 0 Å². The fourth-order valence-electron chi connectivity index (χ4n) is 3.49. The third-order valence-corrected chi connectivity index (χ3v) is 4.81. The van der Waals surface area contributed by atoms with Gasteiger partial charge in [-0.1, -0.05) is 31.9 Å². The second kappa shape index (κ2) is 6.42. The number of benzene rings is 1. The van der Waals surface area contributed by atoms with Crippen molar-refractivity contribution in [2.45, 2.75) is 51.9 Å². The van der Waals surface area contributed by atoms with Crippen LogP contribution in [0.25, 0.3) is 0 Å². The highest BCUT2D eigenvalue weighted by molar-refractivity contribution is 5.26. The van der Waals surface area contributed by atoms with Gasteiger partial charge in [-0.05, 0) is 67.7 Å². The molecule has 0 atom stereocenters. The van der Waals surface area contributed by atoms with Gasteiger partial charge in [-0.2, -0.15) is 0 Å². The number of hydrogen-bond donors (Lipinski definition) is 2. The Bertz CT molecular complexity index is 377. The zero-order valence-electron chi connectivity index (χ0n) is 12.1. The lowest BCUT2D eigenvalue weighted by Gasteiger charge is -2.39. The molecule has 1 aromatic carbocycles. The first kappa shape index (κ1) is 14.4. The Balaban J connectivity index is 1.98. The standard InChI is InChI=1S/C17H27NO/c1-2-3-14-8-10-17(13-18,11-9-14)12-15-4-6-16(19)7-5-15/h4-7,14,19H,2-3,8-13,18H2,1H3. The molecule has 1 aromatic rings. The fraction of sp³-hybridized carbons (Fsp3) is 0.647. The van der Waals surface area contributed by atoms with Crippen LogP contribution in [-0.4, -0.2) is 11.7 Å².